The van der Waals surface area contributed by atoms with Crippen molar-refractivity contribution < 1.29 is 4.79 Å². The SMILES string of the molecule is O=C(CSc1nnc(C2CC2)n1C1CC1)C1CC1. The van der Waals surface area contributed by atoms with Crippen LogP contribution in [0.3, 0.4) is 0 Å². The van der Waals surface area contributed by atoms with Gasteiger partial charge >= 0.3 is 0 Å². The second-order valence-electron chi connectivity index (χ2n) is 5.75. The van der Waals surface area contributed by atoms with Gasteiger partial charge in [-0.3, -0.25) is 4.79 Å². The molecule has 4 nitrogen and oxygen atoms in total. The largest absolute Gasteiger partial charge is 0.303 e. The quantitative estimate of drug-likeness (QED) is 0.740. The predicted octanol–water partition coefficient (Wildman–Crippen LogP) is 2.56. The monoisotopic (exact) mass is 263 g/mol. The maximum Gasteiger partial charge on any atom is 0.191 e. The first-order valence-corrected chi connectivity index (χ1v) is 7.92. The molecule has 0 unspecified atom stereocenters. The van der Waals surface area contributed by atoms with Crippen molar-refractivity contribution in [2.24, 2.45) is 5.92 Å². The molecule has 96 valence electrons. The first kappa shape index (κ1) is 11.0. The number of nitrogens with zero attached hydrogens (tertiary/aromatic N) is 3. The minimum absolute atomic E-state index is 0.359. The van der Waals surface area contributed by atoms with E-state index < -0.39 is 0 Å². The Morgan fingerprint density at radius 3 is 2.56 bits per heavy atom. The van der Waals surface area contributed by atoms with Crippen molar-refractivity contribution in [3.8, 4) is 0 Å². The second kappa shape index (κ2) is 4.08. The molecular weight excluding hydrogens is 246 g/mol. The summed E-state index contributed by atoms with van der Waals surface area (Å²) in [4.78, 5) is 11.8. The Kier molecular flexibility index (Phi) is 2.50. The highest BCUT2D eigenvalue weighted by Gasteiger charge is 2.37. The summed E-state index contributed by atoms with van der Waals surface area (Å²) in [5.41, 5.74) is 0. The van der Waals surface area contributed by atoms with Gasteiger partial charge in [0.15, 0.2) is 5.16 Å². The van der Waals surface area contributed by atoms with E-state index in [0.29, 0.717) is 29.4 Å². The number of ketones is 1. The molecule has 3 aliphatic rings. The number of thioether (sulfide) groups is 1. The Morgan fingerprint density at radius 2 is 1.94 bits per heavy atom. The van der Waals surface area contributed by atoms with Crippen LogP contribution in [-0.2, 0) is 4.79 Å². The summed E-state index contributed by atoms with van der Waals surface area (Å²) in [6.45, 7) is 0. The van der Waals surface area contributed by atoms with E-state index >= 15 is 0 Å². The van der Waals surface area contributed by atoms with Crippen LogP contribution in [0.2, 0.25) is 0 Å². The molecule has 18 heavy (non-hydrogen) atoms. The molecule has 0 saturated heterocycles. The van der Waals surface area contributed by atoms with Gasteiger partial charge in [0, 0.05) is 17.9 Å². The smallest absolute Gasteiger partial charge is 0.191 e. The number of rotatable bonds is 6. The van der Waals surface area contributed by atoms with Crippen molar-refractivity contribution in [1.29, 1.82) is 0 Å². The van der Waals surface area contributed by atoms with Crippen LogP contribution in [-0.4, -0.2) is 26.3 Å². The molecule has 5 heteroatoms. The summed E-state index contributed by atoms with van der Waals surface area (Å²) in [5, 5.41) is 9.65. The summed E-state index contributed by atoms with van der Waals surface area (Å²) in [6.07, 6.45) is 7.22. The fraction of sp³-hybridized carbons (Fsp3) is 0.769. The number of carbonyl (C=O) groups is 1. The third-order valence-corrected chi connectivity index (χ3v) is 4.89. The van der Waals surface area contributed by atoms with Gasteiger partial charge in [-0.2, -0.15) is 0 Å². The molecule has 3 fully saturated rings. The van der Waals surface area contributed by atoms with E-state index in [4.69, 9.17) is 0 Å². The molecule has 0 atom stereocenters. The van der Waals surface area contributed by atoms with Gasteiger partial charge in [-0.15, -0.1) is 10.2 Å². The fourth-order valence-electron chi connectivity index (χ4n) is 2.34. The highest BCUT2D eigenvalue weighted by molar-refractivity contribution is 7.99. The molecule has 3 aliphatic carbocycles. The van der Waals surface area contributed by atoms with Crippen molar-refractivity contribution in [2.75, 3.05) is 5.75 Å². The van der Waals surface area contributed by atoms with Gasteiger partial charge in [0.05, 0.1) is 5.75 Å². The second-order valence-corrected chi connectivity index (χ2v) is 6.69. The minimum atomic E-state index is 0.359. The molecule has 3 saturated carbocycles. The van der Waals surface area contributed by atoms with Crippen LogP contribution in [0.15, 0.2) is 5.16 Å². The van der Waals surface area contributed by atoms with Crippen molar-refractivity contribution in [1.82, 2.24) is 14.8 Å². The van der Waals surface area contributed by atoms with Gasteiger partial charge < -0.3 is 4.57 Å². The van der Waals surface area contributed by atoms with Crippen LogP contribution in [0.25, 0.3) is 0 Å². The highest BCUT2D eigenvalue weighted by Crippen LogP contribution is 2.46. The van der Waals surface area contributed by atoms with E-state index in [1.54, 1.807) is 11.8 Å². The molecular formula is C13H17N3OS. The minimum Gasteiger partial charge on any atom is -0.303 e. The van der Waals surface area contributed by atoms with Crippen LogP contribution in [0, 0.1) is 5.92 Å². The molecule has 1 heterocycles. The van der Waals surface area contributed by atoms with Gasteiger partial charge in [0.1, 0.15) is 11.6 Å². The normalized spacial score (nSPS) is 23.3. The maximum atomic E-state index is 11.8. The van der Waals surface area contributed by atoms with E-state index in [1.807, 2.05) is 0 Å². The van der Waals surface area contributed by atoms with Crippen LogP contribution in [0.4, 0.5) is 0 Å². The summed E-state index contributed by atoms with van der Waals surface area (Å²) < 4.78 is 2.32. The lowest BCUT2D eigenvalue weighted by atomic mass is 10.3. The van der Waals surface area contributed by atoms with E-state index in [2.05, 4.69) is 14.8 Å². The topological polar surface area (TPSA) is 47.8 Å². The molecule has 4 rings (SSSR count). The maximum absolute atomic E-state index is 11.8. The molecule has 0 spiro atoms. The average molecular weight is 263 g/mol. The Balaban J connectivity index is 1.50. The Morgan fingerprint density at radius 1 is 1.17 bits per heavy atom. The van der Waals surface area contributed by atoms with Gasteiger partial charge in [-0.1, -0.05) is 11.8 Å². The number of hydrogen-bond acceptors (Lipinski definition) is 4. The predicted molar refractivity (Wildman–Crippen MR) is 68.7 cm³/mol. The zero-order chi connectivity index (χ0) is 12.1. The van der Waals surface area contributed by atoms with Gasteiger partial charge in [0.25, 0.3) is 0 Å². The summed E-state index contributed by atoms with van der Waals surface area (Å²) in [6, 6.07) is 0.620. The van der Waals surface area contributed by atoms with E-state index in [1.165, 1.54) is 31.5 Å². The number of Topliss-reactive ketones (excluding diaryl/α,β-unsaturated/α-hetero) is 1. The number of aromatic nitrogens is 3. The van der Waals surface area contributed by atoms with Crippen molar-refractivity contribution >= 4 is 17.5 Å². The lowest BCUT2D eigenvalue weighted by molar-refractivity contribution is -0.117. The molecule has 0 aliphatic heterocycles. The molecule has 1 aromatic rings. The molecule has 1 aromatic heterocycles. The van der Waals surface area contributed by atoms with E-state index in [9.17, 15) is 4.79 Å². The van der Waals surface area contributed by atoms with Crippen LogP contribution < -0.4 is 0 Å². The fourth-order valence-corrected chi connectivity index (χ4v) is 3.33. The first-order valence-electron chi connectivity index (χ1n) is 6.93. The molecule has 0 aromatic carbocycles. The van der Waals surface area contributed by atoms with Gasteiger partial charge in [-0.25, -0.2) is 0 Å². The zero-order valence-electron chi connectivity index (χ0n) is 10.3. The Hall–Kier alpha value is -0.840. The number of carbonyl (C=O) groups excluding carboxylic acids is 1. The van der Waals surface area contributed by atoms with Gasteiger partial charge in [0.2, 0.25) is 0 Å². The Labute approximate surface area is 111 Å². The highest BCUT2D eigenvalue weighted by atomic mass is 32.2. The number of hydrogen-bond donors (Lipinski definition) is 0. The van der Waals surface area contributed by atoms with E-state index in [0.717, 1.165) is 18.0 Å². The molecule has 0 radical (unpaired) electrons. The lowest BCUT2D eigenvalue weighted by Crippen LogP contribution is -2.06. The van der Waals surface area contributed by atoms with E-state index in [-0.39, 0.29) is 0 Å². The summed E-state index contributed by atoms with van der Waals surface area (Å²) >= 11 is 1.60. The third kappa shape index (κ3) is 2.09. The van der Waals surface area contributed by atoms with Gasteiger partial charge in [-0.05, 0) is 38.5 Å². The van der Waals surface area contributed by atoms with Crippen LogP contribution >= 0.6 is 11.8 Å². The lowest BCUT2D eigenvalue weighted by Gasteiger charge is -2.07. The average Bonchev–Trinajstić information content (AvgIpc) is 3.26. The molecule has 0 N–H and O–H groups in total. The van der Waals surface area contributed by atoms with Crippen molar-refractivity contribution in [3.63, 3.8) is 0 Å². The Bertz CT molecular complexity index is 486. The van der Waals surface area contributed by atoms with Crippen molar-refractivity contribution in [3.05, 3.63) is 5.82 Å². The molecule has 0 bridgehead atoms. The standard InChI is InChI=1S/C13H17N3OS/c17-11(8-1-2-8)7-18-13-15-14-12(9-3-4-9)16(13)10-5-6-10/h8-10H,1-7H2. The van der Waals surface area contributed by atoms with Crippen molar-refractivity contribution in [2.45, 2.75) is 55.6 Å². The molecule has 0 amide bonds. The van der Waals surface area contributed by atoms with Crippen LogP contribution in [0.1, 0.15) is 56.3 Å². The summed E-state index contributed by atoms with van der Waals surface area (Å²) in [7, 11) is 0. The zero-order valence-corrected chi connectivity index (χ0v) is 11.2. The summed E-state index contributed by atoms with van der Waals surface area (Å²) in [5.74, 6) is 3.17. The van der Waals surface area contributed by atoms with Crippen LogP contribution in [0.5, 0.6) is 0 Å². The first-order chi connectivity index (χ1) is 8.83. The third-order valence-electron chi connectivity index (χ3n) is 3.92.